The molecule has 106 valence electrons. The Hall–Kier alpha value is -1.05. The first-order valence-corrected chi connectivity index (χ1v) is 8.01. The monoisotopic (exact) mass is 302 g/mol. The molecule has 2 N–H and O–H groups in total. The van der Waals surface area contributed by atoms with Gasteiger partial charge >= 0.3 is 0 Å². The van der Waals surface area contributed by atoms with E-state index in [2.05, 4.69) is 22.7 Å². The second-order valence-electron chi connectivity index (χ2n) is 4.07. The number of benzene rings is 1. The Morgan fingerprint density at radius 3 is 2.68 bits per heavy atom. The number of aryl methyl sites for hydroxylation is 1. The van der Waals surface area contributed by atoms with E-state index in [-0.39, 0.29) is 18.2 Å². The molecule has 0 atom stereocenters. The van der Waals surface area contributed by atoms with Crippen molar-refractivity contribution in [2.24, 2.45) is 0 Å². The number of hydrogen-bond acceptors (Lipinski definition) is 4. The summed E-state index contributed by atoms with van der Waals surface area (Å²) >= 11 is 4.17. The summed E-state index contributed by atoms with van der Waals surface area (Å²) in [6, 6.07) is 5.25. The van der Waals surface area contributed by atoms with Crippen LogP contribution in [0.3, 0.4) is 0 Å². The Balaban J connectivity index is 2.59. The smallest absolute Gasteiger partial charge is 0.251 e. The highest BCUT2D eigenvalue weighted by atomic mass is 32.2. The third kappa shape index (κ3) is 5.22. The van der Waals surface area contributed by atoms with Crippen LogP contribution in [0, 0.1) is 6.92 Å². The summed E-state index contributed by atoms with van der Waals surface area (Å²) in [4.78, 5) is 12.6. The fraction of sp³-hybridized carbons (Fsp3) is 0.417. The van der Waals surface area contributed by atoms with E-state index in [9.17, 15) is 13.2 Å². The second kappa shape index (κ2) is 6.93. The Morgan fingerprint density at radius 2 is 2.05 bits per heavy atom. The van der Waals surface area contributed by atoms with Crippen LogP contribution >= 0.6 is 12.6 Å². The number of rotatable bonds is 6. The second-order valence-corrected chi connectivity index (χ2v) is 6.51. The summed E-state index contributed by atoms with van der Waals surface area (Å²) in [5, 5.41) is 2.59. The number of carbonyl (C=O) groups excluding carboxylic acids is 1. The van der Waals surface area contributed by atoms with E-state index < -0.39 is 10.0 Å². The molecule has 0 heterocycles. The van der Waals surface area contributed by atoms with Crippen LogP contribution in [0.25, 0.3) is 0 Å². The highest BCUT2D eigenvalue weighted by Crippen LogP contribution is 2.13. The molecule has 1 rings (SSSR count). The molecule has 1 amide bonds. The van der Waals surface area contributed by atoms with Crippen LogP contribution in [0.5, 0.6) is 0 Å². The van der Waals surface area contributed by atoms with Crippen molar-refractivity contribution >= 4 is 28.6 Å². The minimum atomic E-state index is -3.31. The van der Waals surface area contributed by atoms with Crippen LogP contribution in [0.4, 0.5) is 0 Å². The number of nitrogens with one attached hydrogen (secondary N) is 2. The zero-order chi connectivity index (χ0) is 14.5. The van der Waals surface area contributed by atoms with Gasteiger partial charge in [0.1, 0.15) is 0 Å². The lowest BCUT2D eigenvalue weighted by Gasteiger charge is -2.09. The molecular weight excluding hydrogens is 284 g/mol. The number of amides is 1. The maximum atomic E-state index is 11.9. The minimum absolute atomic E-state index is 0.0738. The van der Waals surface area contributed by atoms with E-state index in [1.165, 1.54) is 0 Å². The van der Waals surface area contributed by atoms with Crippen LogP contribution < -0.4 is 10.0 Å². The van der Waals surface area contributed by atoms with Crippen LogP contribution in [0.2, 0.25) is 0 Å². The van der Waals surface area contributed by atoms with Gasteiger partial charge in [0, 0.05) is 23.5 Å². The van der Waals surface area contributed by atoms with Crippen LogP contribution in [0.1, 0.15) is 22.8 Å². The fourth-order valence-electron chi connectivity index (χ4n) is 1.54. The first-order chi connectivity index (χ1) is 8.85. The van der Waals surface area contributed by atoms with Gasteiger partial charge in [-0.05, 0) is 24.6 Å². The molecule has 0 aromatic heterocycles. The lowest BCUT2D eigenvalue weighted by Crippen LogP contribution is -2.34. The lowest BCUT2D eigenvalue weighted by atomic mass is 10.1. The fourth-order valence-corrected chi connectivity index (χ4v) is 2.70. The highest BCUT2D eigenvalue weighted by Gasteiger charge is 2.12. The summed E-state index contributed by atoms with van der Waals surface area (Å²) in [6.07, 6.45) is 0. The van der Waals surface area contributed by atoms with Gasteiger partial charge in [-0.1, -0.05) is 13.0 Å². The van der Waals surface area contributed by atoms with Gasteiger partial charge < -0.3 is 5.32 Å². The van der Waals surface area contributed by atoms with Gasteiger partial charge in [0.15, 0.2) is 0 Å². The maximum Gasteiger partial charge on any atom is 0.251 e. The van der Waals surface area contributed by atoms with Crippen molar-refractivity contribution in [3.63, 3.8) is 0 Å². The number of hydrogen-bond donors (Lipinski definition) is 3. The third-order valence-corrected chi connectivity index (χ3v) is 4.23. The predicted octanol–water partition coefficient (Wildman–Crippen LogP) is 0.953. The van der Waals surface area contributed by atoms with Crippen LogP contribution in [0.15, 0.2) is 23.1 Å². The largest absolute Gasteiger partial charge is 0.351 e. The molecule has 0 aliphatic carbocycles. The van der Waals surface area contributed by atoms with Crippen molar-refractivity contribution in [3.8, 4) is 0 Å². The summed E-state index contributed by atoms with van der Waals surface area (Å²) in [7, 11) is -3.31. The number of carbonyl (C=O) groups is 1. The Labute approximate surface area is 119 Å². The van der Waals surface area contributed by atoms with Crippen molar-refractivity contribution in [1.29, 1.82) is 0 Å². The Bertz CT molecular complexity index is 556. The molecule has 0 saturated carbocycles. The molecule has 1 aromatic rings. The molecule has 19 heavy (non-hydrogen) atoms. The molecule has 0 aliphatic heterocycles. The quantitative estimate of drug-likeness (QED) is 0.685. The molecule has 0 saturated heterocycles. The predicted molar refractivity (Wildman–Crippen MR) is 78.2 cm³/mol. The van der Waals surface area contributed by atoms with Gasteiger partial charge in [0.05, 0.1) is 5.75 Å². The average Bonchev–Trinajstić information content (AvgIpc) is 2.31. The molecule has 5 nitrogen and oxygen atoms in total. The molecule has 0 spiro atoms. The van der Waals surface area contributed by atoms with Gasteiger partial charge in [0.2, 0.25) is 10.0 Å². The van der Waals surface area contributed by atoms with Gasteiger partial charge in [-0.3, -0.25) is 4.79 Å². The van der Waals surface area contributed by atoms with Crippen molar-refractivity contribution in [2.45, 2.75) is 18.7 Å². The van der Waals surface area contributed by atoms with E-state index in [1.54, 1.807) is 25.1 Å². The highest BCUT2D eigenvalue weighted by molar-refractivity contribution is 7.89. The molecule has 0 bridgehead atoms. The van der Waals surface area contributed by atoms with E-state index in [1.807, 2.05) is 6.92 Å². The normalized spacial score (nSPS) is 11.3. The zero-order valence-corrected chi connectivity index (χ0v) is 12.6. The summed E-state index contributed by atoms with van der Waals surface area (Å²) in [6.45, 7) is 3.94. The van der Waals surface area contributed by atoms with Crippen LogP contribution in [-0.2, 0) is 10.0 Å². The van der Waals surface area contributed by atoms with E-state index >= 15 is 0 Å². The summed E-state index contributed by atoms with van der Waals surface area (Å²) < 4.78 is 25.2. The van der Waals surface area contributed by atoms with Crippen molar-refractivity contribution in [2.75, 3.05) is 18.8 Å². The molecule has 0 aliphatic rings. The first-order valence-electron chi connectivity index (χ1n) is 5.91. The molecular formula is C12H18N2O3S2. The van der Waals surface area contributed by atoms with Gasteiger partial charge in [0.25, 0.3) is 5.91 Å². The lowest BCUT2D eigenvalue weighted by molar-refractivity contribution is 0.0955. The molecule has 0 unspecified atom stereocenters. The van der Waals surface area contributed by atoms with Crippen molar-refractivity contribution in [3.05, 3.63) is 29.3 Å². The summed E-state index contributed by atoms with van der Waals surface area (Å²) in [5.41, 5.74) is 1.33. The number of sulfonamides is 1. The van der Waals surface area contributed by atoms with E-state index in [4.69, 9.17) is 0 Å². The van der Waals surface area contributed by atoms with Crippen molar-refractivity contribution < 1.29 is 13.2 Å². The Kier molecular flexibility index (Phi) is 5.84. The SMILES string of the molecule is CCNS(=O)(=O)CCNC(=O)c1cc(S)ccc1C. The van der Waals surface area contributed by atoms with Gasteiger partial charge in [-0.2, -0.15) is 0 Å². The minimum Gasteiger partial charge on any atom is -0.351 e. The standard InChI is InChI=1S/C12H18N2O3S2/c1-3-14-19(16,17)7-6-13-12(15)11-8-10(18)5-4-9(11)2/h4-5,8,14,18H,3,6-7H2,1-2H3,(H,13,15). The molecule has 7 heteroatoms. The average molecular weight is 302 g/mol. The van der Waals surface area contributed by atoms with Crippen molar-refractivity contribution in [1.82, 2.24) is 10.0 Å². The Morgan fingerprint density at radius 1 is 1.37 bits per heavy atom. The van der Waals surface area contributed by atoms with Gasteiger partial charge in [-0.25, -0.2) is 13.1 Å². The van der Waals surface area contributed by atoms with Gasteiger partial charge in [-0.15, -0.1) is 12.6 Å². The van der Waals surface area contributed by atoms with E-state index in [0.29, 0.717) is 17.0 Å². The first kappa shape index (κ1) is 16.0. The summed E-state index contributed by atoms with van der Waals surface area (Å²) in [5.74, 6) is -0.424. The molecule has 0 fully saturated rings. The number of thiol groups is 1. The van der Waals surface area contributed by atoms with Crippen LogP contribution in [-0.4, -0.2) is 33.2 Å². The molecule has 0 radical (unpaired) electrons. The third-order valence-electron chi connectivity index (χ3n) is 2.49. The zero-order valence-electron chi connectivity index (χ0n) is 10.9. The molecule has 1 aromatic carbocycles. The van der Waals surface area contributed by atoms with E-state index in [0.717, 1.165) is 5.56 Å². The topological polar surface area (TPSA) is 75.3 Å². The maximum absolute atomic E-state index is 11.9.